The van der Waals surface area contributed by atoms with Crippen molar-refractivity contribution in [2.24, 2.45) is 0 Å². The quantitative estimate of drug-likeness (QED) is 0.402. The molecule has 1 N–H and O–H groups in total. The molecule has 3 rings (SSSR count). The van der Waals surface area contributed by atoms with Crippen LogP contribution in [0.3, 0.4) is 0 Å². The molecule has 158 valence electrons. The van der Waals surface area contributed by atoms with Gasteiger partial charge in [0, 0.05) is 6.42 Å². The van der Waals surface area contributed by atoms with E-state index in [0.717, 1.165) is 16.7 Å². The van der Waals surface area contributed by atoms with E-state index in [2.05, 4.69) is 11.9 Å². The highest BCUT2D eigenvalue weighted by Gasteiger charge is 2.39. The summed E-state index contributed by atoms with van der Waals surface area (Å²) in [4.78, 5) is 25.7. The first-order valence-corrected chi connectivity index (χ1v) is 9.99. The molecule has 3 aromatic rings. The van der Waals surface area contributed by atoms with Crippen molar-refractivity contribution in [3.8, 4) is 0 Å². The van der Waals surface area contributed by atoms with Crippen molar-refractivity contribution in [1.29, 1.82) is 0 Å². The Bertz CT molecular complexity index is 990. The lowest BCUT2D eigenvalue weighted by atomic mass is 9.91. The average molecular weight is 415 g/mol. The van der Waals surface area contributed by atoms with Gasteiger partial charge in [-0.3, -0.25) is 0 Å². The maximum Gasteiger partial charge on any atom is 0.408 e. The molecule has 31 heavy (non-hydrogen) atoms. The van der Waals surface area contributed by atoms with Gasteiger partial charge in [0.25, 0.3) is 0 Å². The minimum atomic E-state index is -1.47. The fourth-order valence-corrected chi connectivity index (χ4v) is 3.08. The highest BCUT2D eigenvalue weighted by molar-refractivity contribution is 5.88. The smallest absolute Gasteiger partial charge is 0.408 e. The van der Waals surface area contributed by atoms with Gasteiger partial charge >= 0.3 is 12.1 Å². The Labute approximate surface area is 182 Å². The van der Waals surface area contributed by atoms with Gasteiger partial charge in [-0.25, -0.2) is 9.59 Å². The van der Waals surface area contributed by atoms with Gasteiger partial charge in [-0.15, -0.1) is 6.58 Å². The van der Waals surface area contributed by atoms with E-state index >= 15 is 0 Å². The molecule has 0 heterocycles. The van der Waals surface area contributed by atoms with E-state index in [1.807, 2.05) is 91.0 Å². The predicted molar refractivity (Wildman–Crippen MR) is 119 cm³/mol. The molecule has 5 heteroatoms. The summed E-state index contributed by atoms with van der Waals surface area (Å²) in [7, 11) is 0. The molecular formula is C26H25NO4. The lowest BCUT2D eigenvalue weighted by Gasteiger charge is -2.29. The number of benzene rings is 3. The van der Waals surface area contributed by atoms with E-state index < -0.39 is 17.6 Å². The van der Waals surface area contributed by atoms with Crippen molar-refractivity contribution in [2.75, 3.05) is 0 Å². The summed E-state index contributed by atoms with van der Waals surface area (Å²) < 4.78 is 10.9. The Kier molecular flexibility index (Phi) is 7.60. The zero-order chi connectivity index (χ0) is 21.9. The second-order valence-electron chi connectivity index (χ2n) is 7.09. The van der Waals surface area contributed by atoms with Crippen molar-refractivity contribution in [1.82, 2.24) is 5.32 Å². The molecule has 0 bridgehead atoms. The monoisotopic (exact) mass is 415 g/mol. The molecule has 1 atom stereocenters. The number of ether oxygens (including phenoxy) is 2. The fraction of sp³-hybridized carbons (Fsp3) is 0.154. The molecule has 0 aliphatic rings. The van der Waals surface area contributed by atoms with Crippen molar-refractivity contribution in [3.63, 3.8) is 0 Å². The molecule has 0 unspecified atom stereocenters. The predicted octanol–water partition coefficient (Wildman–Crippen LogP) is 4.82. The highest BCUT2D eigenvalue weighted by atomic mass is 16.6. The fourth-order valence-electron chi connectivity index (χ4n) is 3.08. The molecule has 5 nitrogen and oxygen atoms in total. The lowest BCUT2D eigenvalue weighted by Crippen LogP contribution is -2.55. The number of nitrogens with one attached hydrogen (secondary N) is 1. The summed E-state index contributed by atoms with van der Waals surface area (Å²) >= 11 is 0. The van der Waals surface area contributed by atoms with Crippen LogP contribution < -0.4 is 5.32 Å². The minimum absolute atomic E-state index is 0.0876. The number of alkyl carbamates (subject to hydrolysis) is 1. The first-order chi connectivity index (χ1) is 15.1. The van der Waals surface area contributed by atoms with Gasteiger partial charge in [0.05, 0.1) is 0 Å². The third-order valence-electron chi connectivity index (χ3n) is 4.79. The van der Waals surface area contributed by atoms with Gasteiger partial charge in [-0.2, -0.15) is 0 Å². The van der Waals surface area contributed by atoms with Crippen LogP contribution in [0, 0.1) is 0 Å². The summed E-state index contributed by atoms with van der Waals surface area (Å²) in [6.45, 7) is 3.98. The molecule has 0 spiro atoms. The summed E-state index contributed by atoms with van der Waals surface area (Å²) in [5.74, 6) is -0.605. The number of rotatable bonds is 9. The number of amides is 1. The number of hydrogen-bond donors (Lipinski definition) is 1. The lowest BCUT2D eigenvalue weighted by molar-refractivity contribution is -0.150. The highest BCUT2D eigenvalue weighted by Crippen LogP contribution is 2.19. The van der Waals surface area contributed by atoms with Crippen LogP contribution in [-0.2, 0) is 33.9 Å². The van der Waals surface area contributed by atoms with E-state index in [9.17, 15) is 9.59 Å². The summed E-state index contributed by atoms with van der Waals surface area (Å²) in [5, 5.41) is 2.68. The second-order valence-corrected chi connectivity index (χ2v) is 7.09. The molecule has 0 aromatic heterocycles. The summed E-state index contributed by atoms with van der Waals surface area (Å²) in [6, 6.07) is 28.0. The SMILES string of the molecule is C=C[C@](Cc1ccccc1)(NC(=O)OCc1ccccc1)C(=O)OCc1ccccc1. The van der Waals surface area contributed by atoms with Crippen molar-refractivity contribution >= 4 is 12.1 Å². The first kappa shape index (κ1) is 21.8. The standard InChI is InChI=1S/C26H25NO4/c1-2-26(18-21-12-6-3-7-13-21,24(28)30-19-22-14-8-4-9-15-22)27-25(29)31-20-23-16-10-5-11-17-23/h2-17H,1,18-20H2,(H,27,29)/t26-/m1/s1. The van der Waals surface area contributed by atoms with Gasteiger partial charge in [0.1, 0.15) is 13.2 Å². The Hall–Kier alpha value is -3.86. The molecule has 0 saturated carbocycles. The van der Waals surface area contributed by atoms with Crippen molar-refractivity contribution in [3.05, 3.63) is 120 Å². The van der Waals surface area contributed by atoms with Crippen LogP contribution in [-0.4, -0.2) is 17.6 Å². The summed E-state index contributed by atoms with van der Waals surface area (Å²) in [5.41, 5.74) is 1.07. The van der Waals surface area contributed by atoms with Crippen LogP contribution in [0.25, 0.3) is 0 Å². The second kappa shape index (κ2) is 10.8. The van der Waals surface area contributed by atoms with E-state index in [1.165, 1.54) is 6.08 Å². The van der Waals surface area contributed by atoms with Gasteiger partial charge in [-0.1, -0.05) is 97.1 Å². The van der Waals surface area contributed by atoms with E-state index in [1.54, 1.807) is 0 Å². The molecule has 3 aromatic carbocycles. The van der Waals surface area contributed by atoms with E-state index in [4.69, 9.17) is 9.47 Å². The topological polar surface area (TPSA) is 64.6 Å². The van der Waals surface area contributed by atoms with Gasteiger partial charge in [0.2, 0.25) is 0 Å². The average Bonchev–Trinajstić information content (AvgIpc) is 2.82. The molecule has 0 aliphatic heterocycles. The Morgan fingerprint density at radius 2 is 1.19 bits per heavy atom. The Morgan fingerprint density at radius 1 is 0.742 bits per heavy atom. The van der Waals surface area contributed by atoms with E-state index in [0.29, 0.717) is 0 Å². The van der Waals surface area contributed by atoms with Crippen molar-refractivity contribution < 1.29 is 19.1 Å². The number of esters is 1. The Morgan fingerprint density at radius 3 is 1.68 bits per heavy atom. The maximum atomic E-state index is 13.1. The maximum absolute atomic E-state index is 13.1. The van der Waals surface area contributed by atoms with Crippen LogP contribution in [0.15, 0.2) is 104 Å². The normalized spacial score (nSPS) is 12.3. The van der Waals surface area contributed by atoms with Crippen LogP contribution in [0.2, 0.25) is 0 Å². The zero-order valence-corrected chi connectivity index (χ0v) is 17.2. The summed E-state index contributed by atoms with van der Waals surface area (Å²) in [6.07, 6.45) is 0.860. The third kappa shape index (κ3) is 6.31. The van der Waals surface area contributed by atoms with Crippen molar-refractivity contribution in [2.45, 2.75) is 25.2 Å². The third-order valence-corrected chi connectivity index (χ3v) is 4.79. The molecule has 0 fully saturated rings. The molecule has 0 aliphatic carbocycles. The molecule has 0 radical (unpaired) electrons. The van der Waals surface area contributed by atoms with Gasteiger partial charge in [0.15, 0.2) is 5.54 Å². The van der Waals surface area contributed by atoms with Crippen LogP contribution in [0.4, 0.5) is 4.79 Å². The minimum Gasteiger partial charge on any atom is -0.459 e. The molecular weight excluding hydrogens is 390 g/mol. The number of carbonyl (C=O) groups excluding carboxylic acids is 2. The first-order valence-electron chi connectivity index (χ1n) is 9.99. The Balaban J connectivity index is 1.74. The van der Waals surface area contributed by atoms with Crippen LogP contribution >= 0.6 is 0 Å². The van der Waals surface area contributed by atoms with Gasteiger partial charge < -0.3 is 14.8 Å². The zero-order valence-electron chi connectivity index (χ0n) is 17.2. The largest absolute Gasteiger partial charge is 0.459 e. The van der Waals surface area contributed by atoms with Crippen LogP contribution in [0.1, 0.15) is 16.7 Å². The molecule has 0 saturated heterocycles. The molecule has 1 amide bonds. The number of carbonyl (C=O) groups is 2. The van der Waals surface area contributed by atoms with Gasteiger partial charge in [-0.05, 0) is 16.7 Å². The van der Waals surface area contributed by atoms with Crippen LogP contribution in [0.5, 0.6) is 0 Å². The van der Waals surface area contributed by atoms with E-state index in [-0.39, 0.29) is 19.6 Å². The number of hydrogen-bond acceptors (Lipinski definition) is 4.